The number of carboxylic acid groups (broad SMARTS) is 1. The van der Waals surface area contributed by atoms with Gasteiger partial charge in [0, 0.05) is 4.91 Å². The first-order valence-electron chi connectivity index (χ1n) is 5.62. The molecule has 0 saturated carbocycles. The molecule has 0 aromatic rings. The van der Waals surface area contributed by atoms with E-state index in [1.807, 2.05) is 0 Å². The number of carbonyl (C=O) groups is 2. The van der Waals surface area contributed by atoms with Crippen molar-refractivity contribution in [2.45, 2.75) is 25.3 Å². The number of allylic oxidation sites excluding steroid dienone is 1. The molecule has 20 heavy (non-hydrogen) atoms. The van der Waals surface area contributed by atoms with Crippen LogP contribution in [0.5, 0.6) is 0 Å². The van der Waals surface area contributed by atoms with Crippen molar-refractivity contribution in [1.29, 1.82) is 0 Å². The summed E-state index contributed by atoms with van der Waals surface area (Å²) < 4.78 is 27.1. The van der Waals surface area contributed by atoms with E-state index < -0.39 is 39.4 Å². The fourth-order valence-corrected chi connectivity index (χ4v) is 5.69. The van der Waals surface area contributed by atoms with Gasteiger partial charge in [0.2, 0.25) is 5.91 Å². The zero-order chi connectivity index (χ0) is 15.2. The molecule has 0 radical (unpaired) electrons. The number of hydrogen-bond donors (Lipinski definition) is 1. The highest BCUT2D eigenvalue weighted by Gasteiger charge is 2.56. The molecule has 1 amide bonds. The summed E-state index contributed by atoms with van der Waals surface area (Å²) in [6, 6.07) is 0. The van der Waals surface area contributed by atoms with E-state index in [0.29, 0.717) is 4.91 Å². The minimum atomic E-state index is -3.66. The van der Waals surface area contributed by atoms with Crippen LogP contribution in [0.25, 0.3) is 0 Å². The van der Waals surface area contributed by atoms with E-state index in [0.717, 1.165) is 6.26 Å². The summed E-state index contributed by atoms with van der Waals surface area (Å²) in [5.74, 6) is -2.25. The van der Waals surface area contributed by atoms with Gasteiger partial charge in [0.1, 0.15) is 11.1 Å². The van der Waals surface area contributed by atoms with Crippen molar-refractivity contribution in [3.63, 3.8) is 0 Å². The van der Waals surface area contributed by atoms with Crippen molar-refractivity contribution in [2.75, 3.05) is 6.26 Å². The lowest BCUT2D eigenvalue weighted by atomic mass is 9.92. The van der Waals surface area contributed by atoms with E-state index in [-0.39, 0.29) is 5.70 Å². The monoisotopic (exact) mass is 339 g/mol. The van der Waals surface area contributed by atoms with Crippen molar-refractivity contribution >= 4 is 43.6 Å². The molecule has 1 fully saturated rings. The highest BCUT2D eigenvalue weighted by atomic mass is 33.1. The largest absolute Gasteiger partial charge is 0.477 e. The summed E-state index contributed by atoms with van der Waals surface area (Å²) in [6.45, 7) is 3.13. The van der Waals surface area contributed by atoms with E-state index >= 15 is 0 Å². The van der Waals surface area contributed by atoms with Crippen LogP contribution in [0.1, 0.15) is 13.8 Å². The van der Waals surface area contributed by atoms with Gasteiger partial charge in [-0.15, -0.1) is 0 Å². The number of aliphatic carboxylic acids is 1. The first-order valence-corrected chi connectivity index (χ1v) is 9.65. The van der Waals surface area contributed by atoms with Crippen LogP contribution in [0.3, 0.4) is 0 Å². The van der Waals surface area contributed by atoms with E-state index in [4.69, 9.17) is 9.29 Å². The third-order valence-corrected chi connectivity index (χ3v) is 6.49. The van der Waals surface area contributed by atoms with Crippen LogP contribution in [-0.2, 0) is 23.9 Å². The van der Waals surface area contributed by atoms with Crippen LogP contribution in [0.15, 0.2) is 10.6 Å². The molecule has 3 atom stereocenters. The summed E-state index contributed by atoms with van der Waals surface area (Å²) in [7, 11) is -1.05. The topological polar surface area (TPSA) is 101 Å². The van der Waals surface area contributed by atoms with Crippen molar-refractivity contribution in [3.8, 4) is 0 Å². The van der Waals surface area contributed by atoms with Gasteiger partial charge in [-0.05, 0) is 13.8 Å². The lowest BCUT2D eigenvalue weighted by Crippen LogP contribution is -2.63. The number of β-lactam (4-membered cyclic amide) rings is 1. The second kappa shape index (κ2) is 5.24. The Balaban J connectivity index is 2.22. The van der Waals surface area contributed by atoms with Gasteiger partial charge in [0.05, 0.1) is 18.3 Å². The van der Waals surface area contributed by atoms with Crippen LogP contribution >= 0.6 is 21.6 Å². The molecule has 2 rings (SSSR count). The third-order valence-electron chi connectivity index (χ3n) is 2.97. The van der Waals surface area contributed by atoms with Gasteiger partial charge in [-0.2, -0.15) is 8.42 Å². The van der Waals surface area contributed by atoms with Gasteiger partial charge in [-0.3, -0.25) is 13.9 Å². The standard InChI is InChI=1S/C10H13NO6S3/c1-4(17-20(3,15)16)6-8(12)11-7(10(13)14)5(2)18-19-9(6)11/h4,6,9H,1-3H3,(H,13,14)/t4?,6-,9+/m0/s1. The Bertz CT molecular complexity index is 598. The molecule has 1 unspecified atom stereocenters. The van der Waals surface area contributed by atoms with E-state index in [9.17, 15) is 18.0 Å². The summed E-state index contributed by atoms with van der Waals surface area (Å²) >= 11 is 0. The number of hydrogen-bond acceptors (Lipinski definition) is 7. The fourth-order valence-electron chi connectivity index (χ4n) is 2.18. The Morgan fingerprint density at radius 3 is 2.60 bits per heavy atom. The van der Waals surface area contributed by atoms with Gasteiger partial charge < -0.3 is 5.11 Å². The molecule has 2 heterocycles. The predicted octanol–water partition coefficient (Wildman–Crippen LogP) is 0.847. The second-order valence-electron chi connectivity index (χ2n) is 4.52. The van der Waals surface area contributed by atoms with Crippen LogP contribution in [0.4, 0.5) is 0 Å². The molecule has 0 spiro atoms. The third kappa shape index (κ3) is 2.69. The minimum Gasteiger partial charge on any atom is -0.477 e. The molecule has 2 aliphatic rings. The molecular formula is C10H13NO6S3. The quantitative estimate of drug-likeness (QED) is 0.457. The van der Waals surface area contributed by atoms with Gasteiger partial charge >= 0.3 is 5.97 Å². The Morgan fingerprint density at radius 1 is 1.50 bits per heavy atom. The lowest BCUT2D eigenvalue weighted by molar-refractivity contribution is -0.156. The van der Waals surface area contributed by atoms with Crippen LogP contribution in [0, 0.1) is 5.92 Å². The maximum atomic E-state index is 12.1. The Hall–Kier alpha value is -0.710. The molecule has 1 saturated heterocycles. The molecule has 2 aliphatic heterocycles. The molecule has 0 aliphatic carbocycles. The maximum absolute atomic E-state index is 12.1. The van der Waals surface area contributed by atoms with Gasteiger partial charge in [-0.1, -0.05) is 21.6 Å². The van der Waals surface area contributed by atoms with Crippen molar-refractivity contribution in [3.05, 3.63) is 10.6 Å². The van der Waals surface area contributed by atoms with Crippen LogP contribution in [-0.4, -0.2) is 48.0 Å². The minimum absolute atomic E-state index is 0.0356. The molecule has 0 aromatic heterocycles. The normalized spacial score (nSPS) is 27.9. The number of nitrogens with zero attached hydrogens (tertiary/aromatic N) is 1. The van der Waals surface area contributed by atoms with Crippen LogP contribution in [0.2, 0.25) is 0 Å². The van der Waals surface area contributed by atoms with E-state index in [1.54, 1.807) is 6.92 Å². The molecule has 7 nitrogen and oxygen atoms in total. The van der Waals surface area contributed by atoms with E-state index in [1.165, 1.54) is 33.4 Å². The highest BCUT2D eigenvalue weighted by Crippen LogP contribution is 2.53. The molecule has 112 valence electrons. The number of carbonyl (C=O) groups excluding carboxylic acids is 1. The molecule has 1 N–H and O–H groups in total. The SMILES string of the molecule is CC1=C(C(=O)O)N2C(=O)[C@H](C(C)OS(C)(=O)=O)[C@H]2SS1. The van der Waals surface area contributed by atoms with Crippen molar-refractivity contribution in [2.24, 2.45) is 5.92 Å². The molecule has 0 aromatic carbocycles. The Labute approximate surface area is 124 Å². The summed E-state index contributed by atoms with van der Waals surface area (Å²) in [5, 5.41) is 8.74. The van der Waals surface area contributed by atoms with Crippen molar-refractivity contribution in [1.82, 2.24) is 4.90 Å². The number of fused-ring (bicyclic) bond motifs is 1. The Morgan fingerprint density at radius 2 is 2.10 bits per heavy atom. The fraction of sp³-hybridized carbons (Fsp3) is 0.600. The average molecular weight is 339 g/mol. The maximum Gasteiger partial charge on any atom is 0.353 e. The van der Waals surface area contributed by atoms with Gasteiger partial charge in [0.15, 0.2) is 0 Å². The first kappa shape index (κ1) is 15.7. The lowest BCUT2D eigenvalue weighted by Gasteiger charge is -2.50. The van der Waals surface area contributed by atoms with Crippen LogP contribution < -0.4 is 0 Å². The predicted molar refractivity (Wildman–Crippen MR) is 75.0 cm³/mol. The summed E-state index contributed by atoms with van der Waals surface area (Å²) in [5.41, 5.74) is -0.0356. The smallest absolute Gasteiger partial charge is 0.353 e. The summed E-state index contributed by atoms with van der Waals surface area (Å²) in [4.78, 5) is 25.1. The molecule has 0 bridgehead atoms. The van der Waals surface area contributed by atoms with Gasteiger partial charge in [-0.25, -0.2) is 4.79 Å². The van der Waals surface area contributed by atoms with E-state index in [2.05, 4.69) is 0 Å². The molecular weight excluding hydrogens is 326 g/mol. The zero-order valence-corrected chi connectivity index (χ0v) is 13.3. The summed E-state index contributed by atoms with van der Waals surface area (Å²) in [6.07, 6.45) is 0.0974. The van der Waals surface area contributed by atoms with Crippen molar-refractivity contribution < 1.29 is 27.3 Å². The second-order valence-corrected chi connectivity index (χ2v) is 8.65. The highest BCUT2D eigenvalue weighted by molar-refractivity contribution is 8.78. The Kier molecular flexibility index (Phi) is 4.11. The average Bonchev–Trinajstić information content (AvgIpc) is 2.26. The number of rotatable bonds is 4. The molecule has 10 heteroatoms. The number of carboxylic acids is 1. The first-order chi connectivity index (χ1) is 9.13. The van der Waals surface area contributed by atoms with Gasteiger partial charge in [0.25, 0.3) is 10.1 Å². The number of amides is 1. The zero-order valence-electron chi connectivity index (χ0n) is 10.9.